The molecule has 100 valence electrons. The molecule has 1 aromatic rings. The maximum Gasteiger partial charge on any atom is 0.221 e. The molecule has 0 aromatic carbocycles. The van der Waals surface area contributed by atoms with E-state index in [0.717, 1.165) is 25.1 Å². The van der Waals surface area contributed by atoms with E-state index in [2.05, 4.69) is 29.5 Å². The highest BCUT2D eigenvalue weighted by atomic mass is 16.1. The second-order valence-corrected chi connectivity index (χ2v) is 4.81. The molecule has 0 bridgehead atoms. The van der Waals surface area contributed by atoms with E-state index < -0.39 is 0 Å². The minimum Gasteiger partial charge on any atom is -0.352 e. The Morgan fingerprint density at radius 2 is 2.00 bits per heavy atom. The van der Waals surface area contributed by atoms with Crippen LogP contribution in [0.3, 0.4) is 0 Å². The fourth-order valence-electron chi connectivity index (χ4n) is 1.51. The molecule has 0 saturated carbocycles. The molecule has 1 aromatic heterocycles. The minimum absolute atomic E-state index is 0.0869. The van der Waals surface area contributed by atoms with Crippen molar-refractivity contribution in [1.29, 1.82) is 0 Å². The lowest BCUT2D eigenvalue weighted by Crippen LogP contribution is -2.28. The fraction of sp³-hybridized carbons (Fsp3) is 0.571. The number of hydrogen-bond donors (Lipinski definition) is 2. The van der Waals surface area contributed by atoms with Crippen molar-refractivity contribution < 1.29 is 4.79 Å². The SMILES string of the molecule is CC(C)CCNCCC(=O)NCc1ccncc1. The molecule has 1 amide bonds. The lowest BCUT2D eigenvalue weighted by Gasteiger charge is -2.07. The molecule has 4 heteroatoms. The first kappa shape index (κ1) is 14.6. The maximum atomic E-state index is 11.5. The van der Waals surface area contributed by atoms with E-state index in [-0.39, 0.29) is 5.91 Å². The number of hydrogen-bond acceptors (Lipinski definition) is 3. The van der Waals surface area contributed by atoms with Gasteiger partial charge >= 0.3 is 0 Å². The molecule has 0 unspecified atom stereocenters. The first-order valence-electron chi connectivity index (χ1n) is 6.55. The van der Waals surface area contributed by atoms with E-state index in [4.69, 9.17) is 0 Å². The molecule has 0 atom stereocenters. The largest absolute Gasteiger partial charge is 0.352 e. The summed E-state index contributed by atoms with van der Waals surface area (Å²) in [6.45, 7) is 6.70. The van der Waals surface area contributed by atoms with Crippen LogP contribution >= 0.6 is 0 Å². The van der Waals surface area contributed by atoms with E-state index in [0.29, 0.717) is 18.9 Å². The van der Waals surface area contributed by atoms with E-state index in [1.54, 1.807) is 12.4 Å². The van der Waals surface area contributed by atoms with Crippen molar-refractivity contribution in [1.82, 2.24) is 15.6 Å². The Hall–Kier alpha value is -1.42. The molecule has 1 rings (SSSR count). The number of nitrogens with zero attached hydrogens (tertiary/aromatic N) is 1. The van der Waals surface area contributed by atoms with E-state index >= 15 is 0 Å². The zero-order valence-electron chi connectivity index (χ0n) is 11.3. The lowest BCUT2D eigenvalue weighted by molar-refractivity contribution is -0.121. The van der Waals surface area contributed by atoms with Gasteiger partial charge in [0.25, 0.3) is 0 Å². The van der Waals surface area contributed by atoms with Crippen molar-refractivity contribution in [2.45, 2.75) is 33.2 Å². The number of amides is 1. The van der Waals surface area contributed by atoms with Crippen LogP contribution in [0.4, 0.5) is 0 Å². The summed E-state index contributed by atoms with van der Waals surface area (Å²) < 4.78 is 0. The number of carbonyl (C=O) groups is 1. The lowest BCUT2D eigenvalue weighted by atomic mass is 10.1. The first-order valence-corrected chi connectivity index (χ1v) is 6.55. The van der Waals surface area contributed by atoms with Crippen LogP contribution in [0, 0.1) is 5.92 Å². The number of pyridine rings is 1. The molecule has 2 N–H and O–H groups in total. The predicted octanol–water partition coefficient (Wildman–Crippen LogP) is 1.72. The van der Waals surface area contributed by atoms with Crippen LogP contribution < -0.4 is 10.6 Å². The molecule has 0 spiro atoms. The predicted molar refractivity (Wildman–Crippen MR) is 73.0 cm³/mol. The van der Waals surface area contributed by atoms with Gasteiger partial charge in [0.2, 0.25) is 5.91 Å². The Labute approximate surface area is 109 Å². The van der Waals surface area contributed by atoms with Crippen LogP contribution in [0.25, 0.3) is 0 Å². The molecule has 0 aliphatic carbocycles. The zero-order chi connectivity index (χ0) is 13.2. The van der Waals surface area contributed by atoms with Crippen LogP contribution in [0.5, 0.6) is 0 Å². The molecular formula is C14H23N3O. The van der Waals surface area contributed by atoms with Crippen LogP contribution in [0.1, 0.15) is 32.3 Å². The summed E-state index contributed by atoms with van der Waals surface area (Å²) in [6, 6.07) is 3.81. The molecule has 0 aliphatic rings. The zero-order valence-corrected chi connectivity index (χ0v) is 11.3. The first-order chi connectivity index (χ1) is 8.68. The Morgan fingerprint density at radius 3 is 2.67 bits per heavy atom. The van der Waals surface area contributed by atoms with Gasteiger partial charge in [-0.05, 0) is 36.6 Å². The smallest absolute Gasteiger partial charge is 0.221 e. The van der Waals surface area contributed by atoms with Crippen LogP contribution in [0.2, 0.25) is 0 Å². The number of aromatic nitrogens is 1. The molecule has 1 heterocycles. The summed E-state index contributed by atoms with van der Waals surface area (Å²) in [5.41, 5.74) is 1.08. The molecule has 0 fully saturated rings. The number of carbonyl (C=O) groups excluding carboxylic acids is 1. The Kier molecular flexibility index (Phi) is 7.03. The summed E-state index contributed by atoms with van der Waals surface area (Å²) in [5.74, 6) is 0.793. The minimum atomic E-state index is 0.0869. The van der Waals surface area contributed by atoms with Crippen molar-refractivity contribution in [3.8, 4) is 0 Å². The third-order valence-corrected chi connectivity index (χ3v) is 2.67. The number of rotatable bonds is 8. The second kappa shape index (κ2) is 8.64. The molecule has 18 heavy (non-hydrogen) atoms. The van der Waals surface area contributed by atoms with Gasteiger partial charge in [0.1, 0.15) is 0 Å². The van der Waals surface area contributed by atoms with Crippen LogP contribution in [0.15, 0.2) is 24.5 Å². The topological polar surface area (TPSA) is 54.0 Å². The normalized spacial score (nSPS) is 10.6. The van der Waals surface area contributed by atoms with Crippen molar-refractivity contribution in [3.05, 3.63) is 30.1 Å². The summed E-state index contributed by atoms with van der Waals surface area (Å²) in [5, 5.41) is 6.17. The monoisotopic (exact) mass is 249 g/mol. The van der Waals surface area contributed by atoms with Crippen molar-refractivity contribution in [2.24, 2.45) is 5.92 Å². The maximum absolute atomic E-state index is 11.5. The second-order valence-electron chi connectivity index (χ2n) is 4.81. The van der Waals surface area contributed by atoms with Gasteiger partial charge in [0, 0.05) is 31.9 Å². The van der Waals surface area contributed by atoms with Crippen LogP contribution in [-0.2, 0) is 11.3 Å². The third-order valence-electron chi connectivity index (χ3n) is 2.67. The van der Waals surface area contributed by atoms with Gasteiger partial charge in [-0.15, -0.1) is 0 Å². The molecular weight excluding hydrogens is 226 g/mol. The van der Waals surface area contributed by atoms with Crippen LogP contribution in [-0.4, -0.2) is 24.0 Å². The van der Waals surface area contributed by atoms with Gasteiger partial charge in [-0.25, -0.2) is 0 Å². The Morgan fingerprint density at radius 1 is 1.28 bits per heavy atom. The third kappa shape index (κ3) is 7.01. The van der Waals surface area contributed by atoms with Gasteiger partial charge in [-0.2, -0.15) is 0 Å². The molecule has 4 nitrogen and oxygen atoms in total. The average Bonchev–Trinajstić information content (AvgIpc) is 2.37. The van der Waals surface area contributed by atoms with Gasteiger partial charge in [-0.1, -0.05) is 13.8 Å². The quantitative estimate of drug-likeness (QED) is 0.690. The number of nitrogens with one attached hydrogen (secondary N) is 2. The highest BCUT2D eigenvalue weighted by molar-refractivity contribution is 5.76. The molecule has 0 aliphatic heterocycles. The highest BCUT2D eigenvalue weighted by Crippen LogP contribution is 1.97. The standard InChI is InChI=1S/C14H23N3O/c1-12(2)3-7-15-10-6-14(18)17-11-13-4-8-16-9-5-13/h4-5,8-9,12,15H,3,6-7,10-11H2,1-2H3,(H,17,18). The van der Waals surface area contributed by atoms with Crippen molar-refractivity contribution >= 4 is 5.91 Å². The van der Waals surface area contributed by atoms with Gasteiger partial charge < -0.3 is 10.6 Å². The Balaban J connectivity index is 2.04. The summed E-state index contributed by atoms with van der Waals surface area (Å²) in [4.78, 5) is 15.5. The average molecular weight is 249 g/mol. The van der Waals surface area contributed by atoms with Gasteiger partial charge in [0.15, 0.2) is 0 Å². The Bertz CT molecular complexity index is 338. The fourth-order valence-corrected chi connectivity index (χ4v) is 1.51. The summed E-state index contributed by atoms with van der Waals surface area (Å²) >= 11 is 0. The van der Waals surface area contributed by atoms with Crippen molar-refractivity contribution in [3.63, 3.8) is 0 Å². The molecule has 0 saturated heterocycles. The highest BCUT2D eigenvalue weighted by Gasteiger charge is 2.01. The van der Waals surface area contributed by atoms with Gasteiger partial charge in [-0.3, -0.25) is 9.78 Å². The van der Waals surface area contributed by atoms with Gasteiger partial charge in [0.05, 0.1) is 0 Å². The van der Waals surface area contributed by atoms with E-state index in [1.807, 2.05) is 12.1 Å². The molecule has 0 radical (unpaired) electrons. The van der Waals surface area contributed by atoms with E-state index in [1.165, 1.54) is 0 Å². The van der Waals surface area contributed by atoms with Crippen molar-refractivity contribution in [2.75, 3.05) is 13.1 Å². The van der Waals surface area contributed by atoms with E-state index in [9.17, 15) is 4.79 Å². The summed E-state index contributed by atoms with van der Waals surface area (Å²) in [6.07, 6.45) is 5.14. The summed E-state index contributed by atoms with van der Waals surface area (Å²) in [7, 11) is 0.